The third-order valence-corrected chi connectivity index (χ3v) is 5.10. The summed E-state index contributed by atoms with van der Waals surface area (Å²) in [4.78, 5) is 18.2. The van der Waals surface area contributed by atoms with Crippen molar-refractivity contribution < 1.29 is 22.7 Å². The highest BCUT2D eigenvalue weighted by Gasteiger charge is 2.36. The van der Waals surface area contributed by atoms with E-state index in [1.54, 1.807) is 0 Å². The summed E-state index contributed by atoms with van der Waals surface area (Å²) in [7, 11) is 0. The lowest BCUT2D eigenvalue weighted by atomic mass is 10.0. The zero-order valence-electron chi connectivity index (χ0n) is 15.0. The average Bonchev–Trinajstić information content (AvgIpc) is 3.04. The topological polar surface area (TPSA) is 109 Å². The van der Waals surface area contributed by atoms with Crippen molar-refractivity contribution in [3.05, 3.63) is 11.6 Å². The Morgan fingerprint density at radius 2 is 2.00 bits per heavy atom. The fourth-order valence-electron chi connectivity index (χ4n) is 3.64. The second kappa shape index (κ2) is 8.53. The number of halogens is 3. The van der Waals surface area contributed by atoms with E-state index in [1.807, 2.05) is 0 Å². The van der Waals surface area contributed by atoms with Crippen molar-refractivity contribution in [2.45, 2.75) is 50.5 Å². The van der Waals surface area contributed by atoms with Crippen molar-refractivity contribution in [1.82, 2.24) is 25.4 Å². The highest BCUT2D eigenvalue weighted by molar-refractivity contribution is 5.78. The first-order chi connectivity index (χ1) is 12.8. The number of hydrogen-bond acceptors (Lipinski definition) is 6. The van der Waals surface area contributed by atoms with Crippen LogP contribution in [0.25, 0.3) is 0 Å². The maximum atomic E-state index is 12.6. The average molecular weight is 390 g/mol. The Bertz CT molecular complexity index is 632. The van der Waals surface area contributed by atoms with E-state index in [1.165, 1.54) is 0 Å². The minimum atomic E-state index is -4.61. The third-order valence-electron chi connectivity index (χ3n) is 5.10. The fourth-order valence-corrected chi connectivity index (χ4v) is 3.64. The lowest BCUT2D eigenvalue weighted by Gasteiger charge is -2.35. The molecular formula is C16H25F3N6O2. The number of nitrogens with one attached hydrogen (secondary N) is 2. The number of nitrogens with two attached hydrogens (primary N) is 1. The van der Waals surface area contributed by atoms with Crippen LogP contribution in [-0.2, 0) is 22.3 Å². The van der Waals surface area contributed by atoms with Crippen LogP contribution < -0.4 is 11.1 Å². The Hall–Kier alpha value is -1.72. The van der Waals surface area contributed by atoms with Crippen LogP contribution in [0.2, 0.25) is 0 Å². The number of carbonyl (C=O) groups excluding carboxylic acids is 1. The molecule has 2 aliphatic heterocycles. The molecule has 11 heteroatoms. The number of hydrogen-bond donors (Lipinski definition) is 3. The third kappa shape index (κ3) is 5.39. The van der Waals surface area contributed by atoms with Crippen molar-refractivity contribution >= 4 is 5.91 Å². The summed E-state index contributed by atoms with van der Waals surface area (Å²) >= 11 is 0. The number of amides is 1. The van der Waals surface area contributed by atoms with Crippen molar-refractivity contribution in [1.29, 1.82) is 0 Å². The monoisotopic (exact) mass is 390 g/mol. The van der Waals surface area contributed by atoms with Crippen LogP contribution >= 0.6 is 0 Å². The van der Waals surface area contributed by atoms with Gasteiger partial charge in [-0.2, -0.15) is 13.2 Å². The Morgan fingerprint density at radius 1 is 1.26 bits per heavy atom. The summed E-state index contributed by atoms with van der Waals surface area (Å²) in [6.07, 6.45) is -1.39. The standard InChI is InChI=1S/C16H25F3N6O2/c17-16(18,19)15-22-13(23-24-15)7-21-14(26)10-1-2-11(20)9-25(8-10)12-3-5-27-6-4-12/h10-12H,1-9,20H2,(H,21,26)(H,22,23,24)/t10-,11+/m1/s1. The molecule has 0 spiro atoms. The Kier molecular flexibility index (Phi) is 6.33. The predicted octanol–water partition coefficient (Wildman–Crippen LogP) is 0.658. The number of alkyl halides is 3. The number of aromatic nitrogens is 3. The molecular weight excluding hydrogens is 365 g/mol. The maximum Gasteiger partial charge on any atom is 0.453 e. The summed E-state index contributed by atoms with van der Waals surface area (Å²) in [5.41, 5.74) is 6.17. The van der Waals surface area contributed by atoms with Gasteiger partial charge in [0.2, 0.25) is 5.91 Å². The zero-order chi connectivity index (χ0) is 19.4. The molecule has 0 radical (unpaired) electrons. The number of carbonyl (C=O) groups is 1. The molecule has 4 N–H and O–H groups in total. The molecule has 0 aliphatic carbocycles. The molecule has 3 rings (SSSR count). The van der Waals surface area contributed by atoms with Crippen LogP contribution in [0.3, 0.4) is 0 Å². The molecule has 1 amide bonds. The second-order valence-electron chi connectivity index (χ2n) is 7.15. The predicted molar refractivity (Wildman–Crippen MR) is 89.3 cm³/mol. The molecule has 2 fully saturated rings. The van der Waals surface area contributed by atoms with E-state index in [4.69, 9.17) is 10.5 Å². The maximum absolute atomic E-state index is 12.6. The van der Waals surface area contributed by atoms with Crippen molar-refractivity contribution in [2.24, 2.45) is 11.7 Å². The number of aromatic amines is 1. The molecule has 8 nitrogen and oxygen atoms in total. The van der Waals surface area contributed by atoms with Gasteiger partial charge in [-0.15, -0.1) is 5.10 Å². The fraction of sp³-hybridized carbons (Fsp3) is 0.812. The summed E-state index contributed by atoms with van der Waals surface area (Å²) in [6.45, 7) is 2.63. The van der Waals surface area contributed by atoms with E-state index in [2.05, 4.69) is 25.4 Å². The molecule has 2 saturated heterocycles. The van der Waals surface area contributed by atoms with Gasteiger partial charge < -0.3 is 15.8 Å². The molecule has 3 heterocycles. The van der Waals surface area contributed by atoms with E-state index >= 15 is 0 Å². The zero-order valence-corrected chi connectivity index (χ0v) is 15.0. The Morgan fingerprint density at radius 3 is 2.67 bits per heavy atom. The molecule has 0 bridgehead atoms. The molecule has 0 unspecified atom stereocenters. The molecule has 152 valence electrons. The van der Waals surface area contributed by atoms with Crippen LogP contribution in [0.15, 0.2) is 0 Å². The Balaban J connectivity index is 1.56. The molecule has 2 aliphatic rings. The number of ether oxygens (including phenoxy) is 1. The van der Waals surface area contributed by atoms with Gasteiger partial charge in [-0.1, -0.05) is 0 Å². The van der Waals surface area contributed by atoms with Gasteiger partial charge >= 0.3 is 6.18 Å². The lowest BCUT2D eigenvalue weighted by Crippen LogP contribution is -2.47. The van der Waals surface area contributed by atoms with Crippen LogP contribution in [0.4, 0.5) is 13.2 Å². The number of rotatable bonds is 4. The SMILES string of the molecule is N[C@H]1CC[C@@H](C(=O)NCc2nc(C(F)(F)F)n[nH]2)CN(C2CCOCC2)C1. The Labute approximate surface area is 155 Å². The number of likely N-dealkylation sites (tertiary alicyclic amines) is 1. The molecule has 0 aromatic carbocycles. The molecule has 2 atom stereocenters. The van der Waals surface area contributed by atoms with E-state index < -0.39 is 12.0 Å². The summed E-state index contributed by atoms with van der Waals surface area (Å²) in [6, 6.07) is 0.357. The van der Waals surface area contributed by atoms with Crippen LogP contribution in [0, 0.1) is 5.92 Å². The summed E-state index contributed by atoms with van der Waals surface area (Å²) in [5, 5.41) is 8.00. The van der Waals surface area contributed by atoms with Gasteiger partial charge in [-0.3, -0.25) is 14.8 Å². The van der Waals surface area contributed by atoms with Gasteiger partial charge in [-0.05, 0) is 25.7 Å². The first-order valence-corrected chi connectivity index (χ1v) is 9.16. The van der Waals surface area contributed by atoms with Gasteiger partial charge in [0.15, 0.2) is 0 Å². The van der Waals surface area contributed by atoms with Gasteiger partial charge in [0.25, 0.3) is 5.82 Å². The first-order valence-electron chi connectivity index (χ1n) is 9.16. The smallest absolute Gasteiger partial charge is 0.381 e. The van der Waals surface area contributed by atoms with E-state index in [-0.39, 0.29) is 30.2 Å². The molecule has 1 aromatic heterocycles. The largest absolute Gasteiger partial charge is 0.453 e. The van der Waals surface area contributed by atoms with Crippen molar-refractivity contribution in [3.63, 3.8) is 0 Å². The van der Waals surface area contributed by atoms with Crippen molar-refractivity contribution in [3.8, 4) is 0 Å². The van der Waals surface area contributed by atoms with Crippen molar-refractivity contribution in [2.75, 3.05) is 26.3 Å². The van der Waals surface area contributed by atoms with Gasteiger partial charge in [0.1, 0.15) is 5.82 Å². The minimum Gasteiger partial charge on any atom is -0.381 e. The minimum absolute atomic E-state index is 0.00858. The summed E-state index contributed by atoms with van der Waals surface area (Å²) < 4.78 is 43.0. The first kappa shape index (κ1) is 20.0. The molecule has 0 saturated carbocycles. The molecule has 1 aromatic rings. The van der Waals surface area contributed by atoms with E-state index in [0.29, 0.717) is 32.2 Å². The van der Waals surface area contributed by atoms with Crippen LogP contribution in [0.1, 0.15) is 37.3 Å². The second-order valence-corrected chi connectivity index (χ2v) is 7.15. The van der Waals surface area contributed by atoms with Gasteiger partial charge in [0, 0.05) is 38.4 Å². The van der Waals surface area contributed by atoms with Gasteiger partial charge in [-0.25, -0.2) is 4.98 Å². The highest BCUT2D eigenvalue weighted by Crippen LogP contribution is 2.26. The van der Waals surface area contributed by atoms with E-state index in [0.717, 1.165) is 25.8 Å². The van der Waals surface area contributed by atoms with Gasteiger partial charge in [0.05, 0.1) is 12.5 Å². The quantitative estimate of drug-likeness (QED) is 0.697. The molecule has 27 heavy (non-hydrogen) atoms. The number of nitrogens with zero attached hydrogens (tertiary/aromatic N) is 3. The lowest BCUT2D eigenvalue weighted by molar-refractivity contribution is -0.144. The van der Waals surface area contributed by atoms with Crippen LogP contribution in [-0.4, -0.2) is 64.4 Å². The summed E-state index contributed by atoms with van der Waals surface area (Å²) in [5.74, 6) is -1.72. The van der Waals surface area contributed by atoms with E-state index in [9.17, 15) is 18.0 Å². The van der Waals surface area contributed by atoms with Crippen LogP contribution in [0.5, 0.6) is 0 Å². The number of H-pyrrole nitrogens is 1. The normalized spacial score (nSPS) is 25.9. The highest BCUT2D eigenvalue weighted by atomic mass is 19.4.